The van der Waals surface area contributed by atoms with Crippen molar-refractivity contribution in [3.05, 3.63) is 46.8 Å². The van der Waals surface area contributed by atoms with Crippen molar-refractivity contribution >= 4 is 17.4 Å². The van der Waals surface area contributed by atoms with E-state index in [2.05, 4.69) is 10.1 Å². The number of aromatic nitrogens is 3. The summed E-state index contributed by atoms with van der Waals surface area (Å²) in [7, 11) is 0. The normalized spacial score (nSPS) is 10.6. The molecule has 0 aliphatic carbocycles. The summed E-state index contributed by atoms with van der Waals surface area (Å²) in [5, 5.41) is 4.07. The number of halogens is 2. The second-order valence-electron chi connectivity index (χ2n) is 3.69. The maximum atomic E-state index is 13.6. The molecule has 0 spiro atoms. The van der Waals surface area contributed by atoms with E-state index in [-0.39, 0.29) is 17.0 Å². The van der Waals surface area contributed by atoms with E-state index in [1.807, 2.05) is 6.92 Å². The number of rotatable bonds is 4. The fraction of sp³-hybridized carbons (Fsp3) is 0.250. The second kappa shape index (κ2) is 5.27. The number of aryl methyl sites for hydroxylation is 1. The van der Waals surface area contributed by atoms with E-state index in [4.69, 9.17) is 11.6 Å². The van der Waals surface area contributed by atoms with Crippen LogP contribution in [0.3, 0.4) is 0 Å². The minimum absolute atomic E-state index is 0.0194. The van der Waals surface area contributed by atoms with E-state index in [0.717, 1.165) is 0 Å². The minimum atomic E-state index is -0.616. The van der Waals surface area contributed by atoms with Crippen molar-refractivity contribution in [3.63, 3.8) is 0 Å². The maximum Gasteiger partial charge on any atom is 0.174 e. The Morgan fingerprint density at radius 1 is 1.50 bits per heavy atom. The fourth-order valence-electron chi connectivity index (χ4n) is 1.69. The van der Waals surface area contributed by atoms with Crippen LogP contribution in [0.2, 0.25) is 5.02 Å². The zero-order valence-electron chi connectivity index (χ0n) is 9.73. The monoisotopic (exact) mass is 267 g/mol. The van der Waals surface area contributed by atoms with Crippen molar-refractivity contribution in [1.29, 1.82) is 0 Å². The highest BCUT2D eigenvalue weighted by atomic mass is 35.5. The molecule has 0 aliphatic rings. The zero-order chi connectivity index (χ0) is 13.1. The summed E-state index contributed by atoms with van der Waals surface area (Å²) in [6.45, 7) is 2.49. The highest BCUT2D eigenvalue weighted by molar-refractivity contribution is 6.34. The Bertz CT molecular complexity index is 562. The molecule has 0 N–H and O–H groups in total. The smallest absolute Gasteiger partial charge is 0.174 e. The predicted octanol–water partition coefficient (Wildman–Crippen LogP) is 2.52. The van der Waals surface area contributed by atoms with Crippen LogP contribution in [0.25, 0.3) is 0 Å². The summed E-state index contributed by atoms with van der Waals surface area (Å²) in [5.41, 5.74) is -0.0928. The lowest BCUT2D eigenvalue weighted by molar-refractivity contribution is 0.0985. The molecule has 1 heterocycles. The third-order valence-corrected chi connectivity index (χ3v) is 2.87. The lowest BCUT2D eigenvalue weighted by Crippen LogP contribution is -2.12. The van der Waals surface area contributed by atoms with Gasteiger partial charge in [-0.1, -0.05) is 17.7 Å². The first-order chi connectivity index (χ1) is 8.63. The first kappa shape index (κ1) is 12.7. The van der Waals surface area contributed by atoms with Gasteiger partial charge in [0.1, 0.15) is 18.0 Å². The molecule has 2 rings (SSSR count). The van der Waals surface area contributed by atoms with Crippen LogP contribution in [0.4, 0.5) is 4.39 Å². The van der Waals surface area contributed by atoms with Crippen LogP contribution < -0.4 is 0 Å². The molecule has 1 aromatic heterocycles. The first-order valence-corrected chi connectivity index (χ1v) is 5.85. The Morgan fingerprint density at radius 2 is 2.28 bits per heavy atom. The van der Waals surface area contributed by atoms with Gasteiger partial charge in [0, 0.05) is 6.54 Å². The molecule has 2 aromatic rings. The highest BCUT2D eigenvalue weighted by Crippen LogP contribution is 2.20. The van der Waals surface area contributed by atoms with Gasteiger partial charge < -0.3 is 0 Å². The fourth-order valence-corrected chi connectivity index (χ4v) is 1.95. The van der Waals surface area contributed by atoms with Gasteiger partial charge in [-0.2, -0.15) is 5.10 Å². The summed E-state index contributed by atoms with van der Waals surface area (Å²) in [6, 6.07) is 4.16. The molecule has 0 fully saturated rings. The third-order valence-electron chi connectivity index (χ3n) is 2.56. The Balaban J connectivity index is 2.28. The third kappa shape index (κ3) is 2.41. The molecule has 0 radical (unpaired) electrons. The van der Waals surface area contributed by atoms with Crippen LogP contribution in [0.5, 0.6) is 0 Å². The van der Waals surface area contributed by atoms with Gasteiger partial charge in [-0.3, -0.25) is 4.79 Å². The van der Waals surface area contributed by atoms with Gasteiger partial charge in [-0.05, 0) is 19.1 Å². The van der Waals surface area contributed by atoms with Gasteiger partial charge in [0.2, 0.25) is 0 Å². The first-order valence-electron chi connectivity index (χ1n) is 5.47. The van der Waals surface area contributed by atoms with Crippen molar-refractivity contribution in [2.75, 3.05) is 0 Å². The minimum Gasteiger partial charge on any atom is -0.294 e. The Kier molecular flexibility index (Phi) is 3.72. The van der Waals surface area contributed by atoms with Crippen molar-refractivity contribution in [2.24, 2.45) is 0 Å². The molecule has 0 atom stereocenters. The lowest BCUT2D eigenvalue weighted by atomic mass is 10.1. The molecule has 0 saturated carbocycles. The average molecular weight is 268 g/mol. The number of benzene rings is 1. The van der Waals surface area contributed by atoms with E-state index < -0.39 is 11.6 Å². The molecule has 4 nitrogen and oxygen atoms in total. The van der Waals surface area contributed by atoms with Gasteiger partial charge in [-0.15, -0.1) is 0 Å². The molecular formula is C12H11ClFN3O. The molecule has 0 bridgehead atoms. The van der Waals surface area contributed by atoms with Crippen LogP contribution in [0.1, 0.15) is 23.1 Å². The Morgan fingerprint density at radius 3 is 2.94 bits per heavy atom. The van der Waals surface area contributed by atoms with Crippen molar-refractivity contribution < 1.29 is 9.18 Å². The van der Waals surface area contributed by atoms with Crippen LogP contribution in [-0.2, 0) is 13.0 Å². The standard InChI is InChI=1S/C12H11ClFN3O/c1-2-17-11(15-7-16-17)6-10(18)12-8(13)4-3-5-9(12)14/h3-5,7H,2,6H2,1H3. The maximum absolute atomic E-state index is 13.6. The van der Waals surface area contributed by atoms with Crippen LogP contribution in [0.15, 0.2) is 24.5 Å². The molecule has 0 amide bonds. The summed E-state index contributed by atoms with van der Waals surface area (Å²) in [6.07, 6.45) is 1.35. The molecule has 1 aromatic carbocycles. The number of hydrogen-bond donors (Lipinski definition) is 0. The van der Waals surface area contributed by atoms with Crippen molar-refractivity contribution in [1.82, 2.24) is 14.8 Å². The summed E-state index contributed by atoms with van der Waals surface area (Å²) in [5.74, 6) is -0.516. The van der Waals surface area contributed by atoms with Crippen molar-refractivity contribution in [2.45, 2.75) is 19.9 Å². The molecule has 94 valence electrons. The van der Waals surface area contributed by atoms with Gasteiger partial charge in [0.05, 0.1) is 17.0 Å². The number of ketones is 1. The SMILES string of the molecule is CCn1ncnc1CC(=O)c1c(F)cccc1Cl. The Labute approximate surface area is 108 Å². The lowest BCUT2D eigenvalue weighted by Gasteiger charge is -2.05. The predicted molar refractivity (Wildman–Crippen MR) is 65.1 cm³/mol. The summed E-state index contributed by atoms with van der Waals surface area (Å²) >= 11 is 5.83. The summed E-state index contributed by atoms with van der Waals surface area (Å²) in [4.78, 5) is 16.0. The van der Waals surface area contributed by atoms with Crippen LogP contribution in [-0.4, -0.2) is 20.5 Å². The highest BCUT2D eigenvalue weighted by Gasteiger charge is 2.18. The quantitative estimate of drug-likeness (QED) is 0.800. The largest absolute Gasteiger partial charge is 0.294 e. The topological polar surface area (TPSA) is 47.8 Å². The zero-order valence-corrected chi connectivity index (χ0v) is 10.5. The number of carbonyl (C=O) groups excluding carboxylic acids is 1. The van der Waals surface area contributed by atoms with Crippen LogP contribution >= 0.6 is 11.6 Å². The number of hydrogen-bond acceptors (Lipinski definition) is 3. The molecule has 0 unspecified atom stereocenters. The number of nitrogens with zero attached hydrogens (tertiary/aromatic N) is 3. The average Bonchev–Trinajstić information content (AvgIpc) is 2.76. The van der Waals surface area contributed by atoms with E-state index in [9.17, 15) is 9.18 Å². The van der Waals surface area contributed by atoms with Gasteiger partial charge in [0.15, 0.2) is 5.78 Å². The van der Waals surface area contributed by atoms with E-state index in [1.165, 1.54) is 24.5 Å². The van der Waals surface area contributed by atoms with Crippen LogP contribution in [0, 0.1) is 5.82 Å². The molecule has 18 heavy (non-hydrogen) atoms. The summed E-state index contributed by atoms with van der Waals surface area (Å²) < 4.78 is 15.2. The van der Waals surface area contributed by atoms with Gasteiger partial charge in [-0.25, -0.2) is 14.1 Å². The van der Waals surface area contributed by atoms with E-state index >= 15 is 0 Å². The van der Waals surface area contributed by atoms with E-state index in [1.54, 1.807) is 4.68 Å². The van der Waals surface area contributed by atoms with E-state index in [0.29, 0.717) is 12.4 Å². The molecule has 0 saturated heterocycles. The Hall–Kier alpha value is -1.75. The molecular weight excluding hydrogens is 257 g/mol. The second-order valence-corrected chi connectivity index (χ2v) is 4.10. The number of carbonyl (C=O) groups is 1. The van der Waals surface area contributed by atoms with Gasteiger partial charge in [0.25, 0.3) is 0 Å². The number of Topliss-reactive ketones (excluding diaryl/α,β-unsaturated/α-hetero) is 1. The molecule has 0 aliphatic heterocycles. The molecule has 6 heteroatoms. The van der Waals surface area contributed by atoms with Crippen molar-refractivity contribution in [3.8, 4) is 0 Å². The van der Waals surface area contributed by atoms with Gasteiger partial charge >= 0.3 is 0 Å².